The lowest BCUT2D eigenvalue weighted by Crippen LogP contribution is -2.07. The fourth-order valence-corrected chi connectivity index (χ4v) is 1.49. The minimum atomic E-state index is -3.60. The Bertz CT molecular complexity index is 418. The van der Waals surface area contributed by atoms with Crippen LogP contribution < -0.4 is 4.18 Å². The molecule has 0 aliphatic rings. The van der Waals surface area contributed by atoms with E-state index < -0.39 is 10.1 Å². The zero-order valence-electron chi connectivity index (χ0n) is 6.49. The number of hydrogen-bond donors (Lipinski definition) is 0. The molecule has 4 nitrogen and oxygen atoms in total. The Morgan fingerprint density at radius 1 is 1.46 bits per heavy atom. The number of aromatic nitrogens is 1. The van der Waals surface area contributed by atoms with Gasteiger partial charge < -0.3 is 4.18 Å². The average molecular weight is 242 g/mol. The number of nitrogens with zero attached hydrogens (tertiary/aromatic N) is 1. The third-order valence-corrected chi connectivity index (χ3v) is 1.94. The van der Waals surface area contributed by atoms with Crippen LogP contribution in [0.15, 0.2) is 12.3 Å². The minimum absolute atomic E-state index is 0.0536. The maximum absolute atomic E-state index is 10.7. The maximum atomic E-state index is 10.7. The van der Waals surface area contributed by atoms with Crippen LogP contribution in [0.25, 0.3) is 0 Å². The molecule has 1 heterocycles. The topological polar surface area (TPSA) is 56.3 Å². The third-order valence-electron chi connectivity index (χ3n) is 1.00. The van der Waals surface area contributed by atoms with E-state index in [1.54, 1.807) is 0 Å². The van der Waals surface area contributed by atoms with Crippen LogP contribution >= 0.6 is 23.2 Å². The summed E-state index contributed by atoms with van der Waals surface area (Å²) in [6, 6.07) is 1.34. The van der Waals surface area contributed by atoms with Crippen molar-refractivity contribution in [2.24, 2.45) is 0 Å². The van der Waals surface area contributed by atoms with Gasteiger partial charge in [-0.2, -0.15) is 8.42 Å². The second kappa shape index (κ2) is 3.69. The smallest absolute Gasteiger partial charge is 0.307 e. The highest BCUT2D eigenvalue weighted by molar-refractivity contribution is 7.86. The molecule has 0 aliphatic carbocycles. The van der Waals surface area contributed by atoms with Gasteiger partial charge >= 0.3 is 10.1 Å². The van der Waals surface area contributed by atoms with Crippen molar-refractivity contribution in [3.63, 3.8) is 0 Å². The van der Waals surface area contributed by atoms with E-state index in [0.29, 0.717) is 5.02 Å². The summed E-state index contributed by atoms with van der Waals surface area (Å²) in [4.78, 5) is 3.60. The Morgan fingerprint density at radius 2 is 2.08 bits per heavy atom. The highest BCUT2D eigenvalue weighted by atomic mass is 35.5. The van der Waals surface area contributed by atoms with Gasteiger partial charge in [-0.25, -0.2) is 4.98 Å². The van der Waals surface area contributed by atoms with Crippen molar-refractivity contribution in [3.05, 3.63) is 22.3 Å². The summed E-state index contributed by atoms with van der Waals surface area (Å²) in [6.45, 7) is 0. The van der Waals surface area contributed by atoms with Crippen molar-refractivity contribution in [2.75, 3.05) is 6.26 Å². The molecule has 7 heteroatoms. The molecule has 72 valence electrons. The number of pyridine rings is 1. The van der Waals surface area contributed by atoms with E-state index in [4.69, 9.17) is 23.2 Å². The molecule has 0 unspecified atom stereocenters. The van der Waals surface area contributed by atoms with E-state index in [2.05, 4.69) is 9.17 Å². The molecule has 0 amide bonds. The lowest BCUT2D eigenvalue weighted by atomic mass is 10.5. The average Bonchev–Trinajstić information content (AvgIpc) is 1.93. The van der Waals surface area contributed by atoms with Crippen LogP contribution in [-0.2, 0) is 10.1 Å². The SMILES string of the molecule is CS(=O)(=O)Oc1ncc(Cl)cc1Cl. The van der Waals surface area contributed by atoms with Crippen LogP contribution in [0.1, 0.15) is 0 Å². The second-order valence-electron chi connectivity index (χ2n) is 2.23. The molecule has 0 aromatic carbocycles. The summed E-state index contributed by atoms with van der Waals surface area (Å²) < 4.78 is 25.8. The van der Waals surface area contributed by atoms with Crippen molar-refractivity contribution in [2.45, 2.75) is 0 Å². The van der Waals surface area contributed by atoms with Crippen molar-refractivity contribution in [1.82, 2.24) is 4.98 Å². The van der Waals surface area contributed by atoms with Crippen molar-refractivity contribution >= 4 is 33.3 Å². The summed E-state index contributed by atoms with van der Waals surface area (Å²) in [5, 5.41) is 0.365. The maximum Gasteiger partial charge on any atom is 0.307 e. The molecule has 0 bridgehead atoms. The van der Waals surface area contributed by atoms with Crippen LogP contribution in [0.4, 0.5) is 0 Å². The van der Waals surface area contributed by atoms with Gasteiger partial charge in [0.15, 0.2) is 0 Å². The molecule has 0 spiro atoms. The van der Waals surface area contributed by atoms with Gasteiger partial charge in [-0.05, 0) is 6.07 Å². The first-order valence-corrected chi connectivity index (χ1v) is 5.66. The lowest BCUT2D eigenvalue weighted by Gasteiger charge is -2.02. The Morgan fingerprint density at radius 3 is 2.54 bits per heavy atom. The van der Waals surface area contributed by atoms with Gasteiger partial charge in [0.05, 0.1) is 11.3 Å². The standard InChI is InChI=1S/C6H5Cl2NO3S/c1-13(10,11)12-6-5(8)2-4(7)3-9-6/h2-3H,1H3. The molecule has 0 radical (unpaired) electrons. The summed E-state index contributed by atoms with van der Waals surface area (Å²) in [7, 11) is -3.60. The summed E-state index contributed by atoms with van der Waals surface area (Å²) in [5.74, 6) is -0.173. The first kappa shape index (κ1) is 10.6. The van der Waals surface area contributed by atoms with Crippen molar-refractivity contribution in [1.29, 1.82) is 0 Å². The molecule has 0 saturated heterocycles. The quantitative estimate of drug-likeness (QED) is 0.741. The molecule has 0 N–H and O–H groups in total. The first-order valence-electron chi connectivity index (χ1n) is 3.09. The van der Waals surface area contributed by atoms with Crippen molar-refractivity contribution in [3.8, 4) is 5.88 Å². The fraction of sp³-hybridized carbons (Fsp3) is 0.167. The van der Waals surface area contributed by atoms with E-state index >= 15 is 0 Å². The summed E-state index contributed by atoms with van der Waals surface area (Å²) in [6.07, 6.45) is 2.15. The highest BCUT2D eigenvalue weighted by Gasteiger charge is 2.10. The van der Waals surface area contributed by atoms with Crippen LogP contribution in [0.3, 0.4) is 0 Å². The lowest BCUT2D eigenvalue weighted by molar-refractivity contribution is 0.483. The van der Waals surface area contributed by atoms with Crippen LogP contribution in [0.2, 0.25) is 10.0 Å². The zero-order valence-corrected chi connectivity index (χ0v) is 8.82. The van der Waals surface area contributed by atoms with E-state index in [1.165, 1.54) is 12.3 Å². The predicted octanol–water partition coefficient (Wildman–Crippen LogP) is 1.73. The van der Waals surface area contributed by atoms with Crippen LogP contribution in [0, 0.1) is 0 Å². The normalized spacial score (nSPS) is 11.3. The largest absolute Gasteiger partial charge is 0.360 e. The number of hydrogen-bond acceptors (Lipinski definition) is 4. The van der Waals surface area contributed by atoms with Gasteiger partial charge in [-0.15, -0.1) is 0 Å². The Balaban J connectivity index is 3.04. The molecule has 1 rings (SSSR count). The molecule has 0 atom stereocenters. The number of halogens is 2. The molecular weight excluding hydrogens is 237 g/mol. The second-order valence-corrected chi connectivity index (χ2v) is 4.65. The van der Waals surface area contributed by atoms with E-state index in [-0.39, 0.29) is 10.9 Å². The predicted molar refractivity (Wildman–Crippen MR) is 49.7 cm³/mol. The van der Waals surface area contributed by atoms with Gasteiger partial charge in [0.1, 0.15) is 5.02 Å². The Labute approximate surface area is 85.6 Å². The van der Waals surface area contributed by atoms with E-state index in [1.807, 2.05) is 0 Å². The van der Waals surface area contributed by atoms with Gasteiger partial charge in [-0.3, -0.25) is 0 Å². The fourth-order valence-electron chi connectivity index (χ4n) is 0.607. The van der Waals surface area contributed by atoms with E-state index in [0.717, 1.165) is 6.26 Å². The summed E-state index contributed by atoms with van der Waals surface area (Å²) >= 11 is 11.1. The van der Waals surface area contributed by atoms with Gasteiger partial charge in [0.2, 0.25) is 0 Å². The molecule has 1 aromatic rings. The highest BCUT2D eigenvalue weighted by Crippen LogP contribution is 2.25. The first-order chi connectivity index (χ1) is 5.88. The molecular formula is C6H5Cl2NO3S. The van der Waals surface area contributed by atoms with Gasteiger partial charge in [-0.1, -0.05) is 23.2 Å². The van der Waals surface area contributed by atoms with Crippen molar-refractivity contribution < 1.29 is 12.6 Å². The number of rotatable bonds is 2. The Hall–Kier alpha value is -0.520. The molecule has 0 aliphatic heterocycles. The third kappa shape index (κ3) is 3.38. The van der Waals surface area contributed by atoms with Gasteiger partial charge in [0.25, 0.3) is 5.88 Å². The van der Waals surface area contributed by atoms with Crippen LogP contribution in [0.5, 0.6) is 5.88 Å². The molecule has 13 heavy (non-hydrogen) atoms. The molecule has 1 aromatic heterocycles. The summed E-state index contributed by atoms with van der Waals surface area (Å²) in [5.41, 5.74) is 0. The van der Waals surface area contributed by atoms with Gasteiger partial charge in [0, 0.05) is 6.20 Å². The van der Waals surface area contributed by atoms with Crippen LogP contribution in [-0.4, -0.2) is 19.7 Å². The minimum Gasteiger partial charge on any atom is -0.360 e. The zero-order chi connectivity index (χ0) is 10.1. The Kier molecular flexibility index (Phi) is 3.00. The van der Waals surface area contributed by atoms with E-state index in [9.17, 15) is 8.42 Å². The molecule has 0 fully saturated rings. The molecule has 0 saturated carbocycles. The monoisotopic (exact) mass is 241 g/mol.